The minimum atomic E-state index is 0. The van der Waals surface area contributed by atoms with E-state index in [0.29, 0.717) is 6.61 Å². The van der Waals surface area contributed by atoms with Gasteiger partial charge in [-0.15, -0.1) is 24.0 Å². The number of aryl methyl sites for hydroxylation is 1. The highest BCUT2D eigenvalue weighted by Gasteiger charge is 2.03. The number of aliphatic imine (C=N–C) groups is 1. The zero-order chi connectivity index (χ0) is 13.9. The fourth-order valence-corrected chi connectivity index (χ4v) is 1.70. The fourth-order valence-electron chi connectivity index (χ4n) is 1.70. The molecule has 0 spiro atoms. The van der Waals surface area contributed by atoms with Crippen molar-refractivity contribution in [3.63, 3.8) is 0 Å². The average molecular weight is 395 g/mol. The van der Waals surface area contributed by atoms with Crippen LogP contribution in [0.15, 0.2) is 23.5 Å². The van der Waals surface area contributed by atoms with Gasteiger partial charge in [-0.1, -0.05) is 0 Å². The first kappa shape index (κ1) is 19.2. The predicted molar refractivity (Wildman–Crippen MR) is 92.7 cm³/mol. The molecule has 0 aromatic carbocycles. The van der Waals surface area contributed by atoms with E-state index in [4.69, 9.17) is 4.74 Å². The van der Waals surface area contributed by atoms with E-state index in [1.165, 1.54) is 0 Å². The Bertz CT molecular complexity index is 356. The van der Waals surface area contributed by atoms with Crippen LogP contribution in [0.2, 0.25) is 0 Å². The minimum absolute atomic E-state index is 0. The number of ether oxygens (including phenoxy) is 1. The fraction of sp³-hybridized carbons (Fsp3) is 0.692. The quantitative estimate of drug-likeness (QED) is 0.303. The van der Waals surface area contributed by atoms with Gasteiger partial charge in [-0.05, 0) is 26.3 Å². The Morgan fingerprint density at radius 2 is 2.30 bits per heavy atom. The van der Waals surface area contributed by atoms with Crippen LogP contribution in [0.25, 0.3) is 0 Å². The van der Waals surface area contributed by atoms with Crippen molar-refractivity contribution in [3.05, 3.63) is 18.5 Å². The van der Waals surface area contributed by atoms with Crippen molar-refractivity contribution in [3.8, 4) is 0 Å². The number of nitrogens with one attached hydrogen (secondary N) is 2. The maximum absolute atomic E-state index is 5.10. The van der Waals surface area contributed by atoms with Crippen molar-refractivity contribution < 1.29 is 4.74 Å². The lowest BCUT2D eigenvalue weighted by Gasteiger charge is -2.16. The molecule has 0 radical (unpaired) electrons. The average Bonchev–Trinajstić information content (AvgIpc) is 2.88. The molecule has 0 aliphatic heterocycles. The Morgan fingerprint density at radius 3 is 2.90 bits per heavy atom. The van der Waals surface area contributed by atoms with Crippen LogP contribution in [0.3, 0.4) is 0 Å². The molecule has 0 saturated heterocycles. The summed E-state index contributed by atoms with van der Waals surface area (Å²) in [7, 11) is 1.70. The Kier molecular flexibility index (Phi) is 11.5. The number of halogens is 1. The zero-order valence-corrected chi connectivity index (χ0v) is 14.8. The topological polar surface area (TPSA) is 63.5 Å². The molecule has 0 amide bonds. The van der Waals surface area contributed by atoms with Gasteiger partial charge < -0.3 is 15.4 Å². The van der Waals surface area contributed by atoms with Crippen LogP contribution in [0.5, 0.6) is 0 Å². The van der Waals surface area contributed by atoms with Crippen LogP contribution >= 0.6 is 24.0 Å². The highest BCUT2D eigenvalue weighted by molar-refractivity contribution is 14.0. The van der Waals surface area contributed by atoms with Crippen LogP contribution in [-0.4, -0.2) is 48.6 Å². The van der Waals surface area contributed by atoms with E-state index in [-0.39, 0.29) is 30.0 Å². The molecular weight excluding hydrogens is 369 g/mol. The molecule has 1 unspecified atom stereocenters. The second kappa shape index (κ2) is 12.0. The predicted octanol–water partition coefficient (Wildman–Crippen LogP) is 1.48. The first-order valence-electron chi connectivity index (χ1n) is 6.77. The van der Waals surface area contributed by atoms with Gasteiger partial charge in [-0.3, -0.25) is 9.67 Å². The third-order valence-electron chi connectivity index (χ3n) is 2.52. The largest absolute Gasteiger partial charge is 0.383 e. The molecule has 1 aromatic heterocycles. The molecule has 0 bridgehead atoms. The normalized spacial score (nSPS) is 12.7. The van der Waals surface area contributed by atoms with Crippen molar-refractivity contribution in [2.45, 2.75) is 32.9 Å². The molecule has 0 aliphatic rings. The van der Waals surface area contributed by atoms with Gasteiger partial charge in [0.1, 0.15) is 0 Å². The second-order valence-corrected chi connectivity index (χ2v) is 4.38. The molecule has 1 heterocycles. The summed E-state index contributed by atoms with van der Waals surface area (Å²) in [5.74, 6) is 0.840. The lowest BCUT2D eigenvalue weighted by molar-refractivity contribution is 0.179. The molecule has 0 aliphatic carbocycles. The minimum Gasteiger partial charge on any atom is -0.383 e. The third kappa shape index (κ3) is 8.36. The summed E-state index contributed by atoms with van der Waals surface area (Å²) in [6, 6.07) is 2.18. The van der Waals surface area contributed by atoms with Gasteiger partial charge in [-0.2, -0.15) is 5.10 Å². The molecule has 116 valence electrons. The zero-order valence-electron chi connectivity index (χ0n) is 12.5. The van der Waals surface area contributed by atoms with Crippen molar-refractivity contribution in [1.29, 1.82) is 0 Å². The standard InChI is InChI=1S/C13H25N5O.HI/c1-4-14-13(17-12(2)11-19-3)15-7-5-9-18-10-6-8-16-18;/h6,8,10,12H,4-5,7,9,11H2,1-3H3,(H2,14,15,17);1H. The summed E-state index contributed by atoms with van der Waals surface area (Å²) in [5.41, 5.74) is 0. The molecule has 6 nitrogen and oxygen atoms in total. The SMILES string of the molecule is CCNC(=NCCCn1cccn1)NC(C)COC.I. The van der Waals surface area contributed by atoms with E-state index < -0.39 is 0 Å². The molecule has 1 aromatic rings. The number of hydrogen-bond acceptors (Lipinski definition) is 3. The molecule has 0 fully saturated rings. The second-order valence-electron chi connectivity index (χ2n) is 4.38. The molecule has 1 rings (SSSR count). The van der Waals surface area contributed by atoms with Crippen molar-refractivity contribution in [2.75, 3.05) is 26.8 Å². The van der Waals surface area contributed by atoms with Gasteiger partial charge in [0, 0.05) is 45.2 Å². The maximum atomic E-state index is 5.10. The summed E-state index contributed by atoms with van der Waals surface area (Å²) < 4.78 is 7.02. The number of nitrogens with zero attached hydrogens (tertiary/aromatic N) is 3. The van der Waals surface area contributed by atoms with Crippen LogP contribution < -0.4 is 10.6 Å². The highest BCUT2D eigenvalue weighted by Crippen LogP contribution is 1.91. The monoisotopic (exact) mass is 395 g/mol. The van der Waals surface area contributed by atoms with Gasteiger partial charge in [0.15, 0.2) is 5.96 Å². The summed E-state index contributed by atoms with van der Waals surface area (Å²) in [5, 5.41) is 10.7. The Hall–Kier alpha value is -0.830. The molecule has 2 N–H and O–H groups in total. The lowest BCUT2D eigenvalue weighted by Crippen LogP contribution is -2.44. The first-order chi connectivity index (χ1) is 9.26. The number of aromatic nitrogens is 2. The number of methoxy groups -OCH3 is 1. The summed E-state index contributed by atoms with van der Waals surface area (Å²) in [6.45, 7) is 7.31. The maximum Gasteiger partial charge on any atom is 0.191 e. The summed E-state index contributed by atoms with van der Waals surface area (Å²) in [6.07, 6.45) is 4.73. The smallest absolute Gasteiger partial charge is 0.191 e. The Morgan fingerprint density at radius 1 is 1.50 bits per heavy atom. The van der Waals surface area contributed by atoms with Gasteiger partial charge in [0.05, 0.1) is 6.61 Å². The Balaban J connectivity index is 0.00000361. The van der Waals surface area contributed by atoms with E-state index in [9.17, 15) is 0 Å². The van der Waals surface area contributed by atoms with Gasteiger partial charge in [0.25, 0.3) is 0 Å². The number of rotatable bonds is 8. The third-order valence-corrected chi connectivity index (χ3v) is 2.52. The number of hydrogen-bond donors (Lipinski definition) is 2. The van der Waals surface area contributed by atoms with Gasteiger partial charge in [-0.25, -0.2) is 0 Å². The van der Waals surface area contributed by atoms with Crippen molar-refractivity contribution in [2.24, 2.45) is 4.99 Å². The lowest BCUT2D eigenvalue weighted by atomic mass is 10.4. The van der Waals surface area contributed by atoms with Crippen LogP contribution in [0.4, 0.5) is 0 Å². The van der Waals surface area contributed by atoms with E-state index >= 15 is 0 Å². The molecule has 0 saturated carbocycles. The van der Waals surface area contributed by atoms with E-state index in [1.807, 2.05) is 16.9 Å². The van der Waals surface area contributed by atoms with Crippen molar-refractivity contribution in [1.82, 2.24) is 20.4 Å². The first-order valence-corrected chi connectivity index (χ1v) is 6.77. The van der Waals surface area contributed by atoms with Gasteiger partial charge >= 0.3 is 0 Å². The summed E-state index contributed by atoms with van der Waals surface area (Å²) in [4.78, 5) is 4.53. The van der Waals surface area contributed by atoms with E-state index in [1.54, 1.807) is 13.3 Å². The van der Waals surface area contributed by atoms with Crippen LogP contribution in [-0.2, 0) is 11.3 Å². The highest BCUT2D eigenvalue weighted by atomic mass is 127. The number of guanidine groups is 1. The molecule has 1 atom stereocenters. The molecular formula is C13H26IN5O. The van der Waals surface area contributed by atoms with Crippen LogP contribution in [0, 0.1) is 0 Å². The van der Waals surface area contributed by atoms with Crippen molar-refractivity contribution >= 4 is 29.9 Å². The van der Waals surface area contributed by atoms with E-state index in [0.717, 1.165) is 32.0 Å². The van der Waals surface area contributed by atoms with Crippen LogP contribution in [0.1, 0.15) is 20.3 Å². The summed E-state index contributed by atoms with van der Waals surface area (Å²) >= 11 is 0. The van der Waals surface area contributed by atoms with Gasteiger partial charge in [0.2, 0.25) is 0 Å². The Labute approximate surface area is 138 Å². The molecule has 20 heavy (non-hydrogen) atoms. The van der Waals surface area contributed by atoms with E-state index in [2.05, 4.69) is 34.6 Å². The molecule has 7 heteroatoms.